The first-order chi connectivity index (χ1) is 10.3. The van der Waals surface area contributed by atoms with Gasteiger partial charge in [0.15, 0.2) is 5.78 Å². The van der Waals surface area contributed by atoms with Crippen LogP contribution in [0.15, 0.2) is 63.5 Å². The van der Waals surface area contributed by atoms with Gasteiger partial charge in [0.05, 0.1) is 12.5 Å². The number of ketones is 1. The van der Waals surface area contributed by atoms with Crippen molar-refractivity contribution in [1.29, 1.82) is 0 Å². The SMILES string of the molecule is CC(=O)C1=C(C)C2C=C(c3ccoc3)C=C(C(C)(C)F)C2=C1. The summed E-state index contributed by atoms with van der Waals surface area (Å²) in [4.78, 5) is 11.8. The van der Waals surface area contributed by atoms with Crippen LogP contribution in [0.25, 0.3) is 5.57 Å². The van der Waals surface area contributed by atoms with E-state index < -0.39 is 5.67 Å². The lowest BCUT2D eigenvalue weighted by atomic mass is 9.78. The Morgan fingerprint density at radius 1 is 1.32 bits per heavy atom. The zero-order valence-corrected chi connectivity index (χ0v) is 13.2. The fraction of sp³-hybridized carbons (Fsp3) is 0.316. The summed E-state index contributed by atoms with van der Waals surface area (Å²) in [5.74, 6) is -0.0208. The van der Waals surface area contributed by atoms with Crippen LogP contribution in [-0.4, -0.2) is 11.5 Å². The summed E-state index contributed by atoms with van der Waals surface area (Å²) in [5.41, 5.74) is 3.58. The summed E-state index contributed by atoms with van der Waals surface area (Å²) < 4.78 is 19.9. The van der Waals surface area contributed by atoms with Crippen LogP contribution in [0.5, 0.6) is 0 Å². The number of furan rings is 1. The van der Waals surface area contributed by atoms with E-state index in [0.29, 0.717) is 11.1 Å². The van der Waals surface area contributed by atoms with Crippen LogP contribution in [0.1, 0.15) is 33.3 Å². The van der Waals surface area contributed by atoms with Crippen LogP contribution >= 0.6 is 0 Å². The third-order valence-corrected chi connectivity index (χ3v) is 4.36. The molecular formula is C19H19FO2. The van der Waals surface area contributed by atoms with Gasteiger partial charge in [0.1, 0.15) is 5.67 Å². The van der Waals surface area contributed by atoms with Crippen molar-refractivity contribution in [3.63, 3.8) is 0 Å². The minimum Gasteiger partial charge on any atom is -0.472 e. The van der Waals surface area contributed by atoms with Crippen molar-refractivity contribution in [2.45, 2.75) is 33.4 Å². The summed E-state index contributed by atoms with van der Waals surface area (Å²) in [7, 11) is 0. The lowest BCUT2D eigenvalue weighted by molar-refractivity contribution is -0.113. The van der Waals surface area contributed by atoms with Crippen LogP contribution in [0.4, 0.5) is 4.39 Å². The second kappa shape index (κ2) is 4.94. The average molecular weight is 298 g/mol. The molecule has 1 aromatic heterocycles. The summed E-state index contributed by atoms with van der Waals surface area (Å²) in [6.45, 7) is 6.60. The molecule has 0 amide bonds. The first kappa shape index (κ1) is 14.8. The quantitative estimate of drug-likeness (QED) is 0.801. The Labute approximate surface area is 129 Å². The Hall–Kier alpha value is -2.16. The number of rotatable bonds is 3. The molecule has 0 radical (unpaired) electrons. The number of alkyl halides is 1. The third-order valence-electron chi connectivity index (χ3n) is 4.36. The highest BCUT2D eigenvalue weighted by atomic mass is 19.1. The molecule has 0 spiro atoms. The molecule has 2 aliphatic carbocycles. The Balaban J connectivity index is 2.17. The van der Waals surface area contributed by atoms with Crippen molar-refractivity contribution < 1.29 is 13.6 Å². The van der Waals surface area contributed by atoms with Crippen molar-refractivity contribution in [1.82, 2.24) is 0 Å². The standard InChI is InChI=1S/C19H19FO2/c1-11-15(12(2)21)9-17-16(11)7-14(13-5-6-22-10-13)8-18(17)19(3,4)20/h5-10,16H,1-4H3. The Bertz CT molecular complexity index is 750. The van der Waals surface area contributed by atoms with E-state index in [1.807, 2.05) is 25.1 Å². The van der Waals surface area contributed by atoms with Crippen molar-refractivity contribution in [2.75, 3.05) is 0 Å². The molecule has 0 fully saturated rings. The molecule has 2 aliphatic rings. The molecule has 3 heteroatoms. The highest BCUT2D eigenvalue weighted by Crippen LogP contribution is 2.46. The Kier molecular flexibility index (Phi) is 3.32. The predicted molar refractivity (Wildman–Crippen MR) is 84.9 cm³/mol. The average Bonchev–Trinajstić information content (AvgIpc) is 3.05. The molecule has 1 atom stereocenters. The van der Waals surface area contributed by atoms with Gasteiger partial charge in [-0.15, -0.1) is 0 Å². The van der Waals surface area contributed by atoms with Crippen molar-refractivity contribution in [3.8, 4) is 0 Å². The minimum atomic E-state index is -1.47. The van der Waals surface area contributed by atoms with E-state index in [2.05, 4.69) is 6.08 Å². The van der Waals surface area contributed by atoms with Crippen LogP contribution in [0.2, 0.25) is 0 Å². The zero-order valence-electron chi connectivity index (χ0n) is 13.2. The number of halogens is 1. The third kappa shape index (κ3) is 2.31. The van der Waals surface area contributed by atoms with Gasteiger partial charge in [-0.1, -0.05) is 11.6 Å². The molecule has 1 unspecified atom stereocenters. The smallest absolute Gasteiger partial charge is 0.159 e. The molecule has 0 bridgehead atoms. The van der Waals surface area contributed by atoms with E-state index in [1.165, 1.54) is 0 Å². The van der Waals surface area contributed by atoms with E-state index in [4.69, 9.17) is 4.42 Å². The molecule has 1 aromatic rings. The monoisotopic (exact) mass is 298 g/mol. The van der Waals surface area contributed by atoms with E-state index in [9.17, 15) is 9.18 Å². The van der Waals surface area contributed by atoms with Gasteiger partial charge in [0, 0.05) is 17.1 Å². The first-order valence-corrected chi connectivity index (χ1v) is 7.38. The van der Waals surface area contributed by atoms with E-state index in [0.717, 1.165) is 22.3 Å². The number of Topliss-reactive ketones (excluding diaryl/α,β-unsaturated/α-hetero) is 1. The number of allylic oxidation sites excluding steroid dienone is 8. The molecule has 3 rings (SSSR count). The van der Waals surface area contributed by atoms with Gasteiger partial charge in [0.25, 0.3) is 0 Å². The van der Waals surface area contributed by atoms with Crippen molar-refractivity contribution in [2.24, 2.45) is 5.92 Å². The predicted octanol–water partition coefficient (Wildman–Crippen LogP) is 4.81. The maximum absolute atomic E-state index is 14.7. The van der Waals surface area contributed by atoms with Crippen LogP contribution < -0.4 is 0 Å². The van der Waals surface area contributed by atoms with Crippen LogP contribution in [0.3, 0.4) is 0 Å². The molecule has 0 saturated carbocycles. The lowest BCUT2D eigenvalue weighted by Gasteiger charge is -2.28. The molecule has 22 heavy (non-hydrogen) atoms. The number of carbonyl (C=O) groups excluding carboxylic acids is 1. The van der Waals surface area contributed by atoms with E-state index >= 15 is 0 Å². The maximum atomic E-state index is 14.7. The molecule has 1 heterocycles. The Morgan fingerprint density at radius 3 is 2.59 bits per heavy atom. The van der Waals surface area contributed by atoms with Gasteiger partial charge in [-0.25, -0.2) is 4.39 Å². The van der Waals surface area contributed by atoms with Gasteiger partial charge in [0.2, 0.25) is 0 Å². The minimum absolute atomic E-state index is 0.0219. The van der Waals surface area contributed by atoms with Crippen LogP contribution in [0, 0.1) is 5.92 Å². The van der Waals surface area contributed by atoms with Gasteiger partial charge in [-0.3, -0.25) is 4.79 Å². The van der Waals surface area contributed by atoms with Gasteiger partial charge in [-0.05, 0) is 62.6 Å². The number of hydrogen-bond donors (Lipinski definition) is 0. The van der Waals surface area contributed by atoms with E-state index in [-0.39, 0.29) is 11.7 Å². The van der Waals surface area contributed by atoms with Crippen LogP contribution in [-0.2, 0) is 4.79 Å². The molecule has 2 nitrogen and oxygen atoms in total. The fourth-order valence-electron chi connectivity index (χ4n) is 3.19. The maximum Gasteiger partial charge on any atom is 0.159 e. The summed E-state index contributed by atoms with van der Waals surface area (Å²) in [5, 5.41) is 0. The second-order valence-corrected chi connectivity index (χ2v) is 6.39. The summed E-state index contributed by atoms with van der Waals surface area (Å²) in [6, 6.07) is 1.86. The Morgan fingerprint density at radius 2 is 2.05 bits per heavy atom. The summed E-state index contributed by atoms with van der Waals surface area (Å²) in [6.07, 6.45) is 9.05. The topological polar surface area (TPSA) is 30.2 Å². The molecule has 0 saturated heterocycles. The number of hydrogen-bond acceptors (Lipinski definition) is 2. The molecule has 0 N–H and O–H groups in total. The fourth-order valence-corrected chi connectivity index (χ4v) is 3.19. The lowest BCUT2D eigenvalue weighted by Crippen LogP contribution is -2.22. The molecular weight excluding hydrogens is 279 g/mol. The van der Waals surface area contributed by atoms with Gasteiger partial charge < -0.3 is 4.42 Å². The summed E-state index contributed by atoms with van der Waals surface area (Å²) >= 11 is 0. The second-order valence-electron chi connectivity index (χ2n) is 6.39. The molecule has 114 valence electrons. The normalized spacial score (nSPS) is 21.3. The molecule has 0 aromatic carbocycles. The van der Waals surface area contributed by atoms with Crippen molar-refractivity contribution in [3.05, 3.63) is 64.7 Å². The first-order valence-electron chi connectivity index (χ1n) is 7.38. The number of carbonyl (C=O) groups is 1. The molecule has 0 aliphatic heterocycles. The largest absolute Gasteiger partial charge is 0.472 e. The van der Waals surface area contributed by atoms with Gasteiger partial charge >= 0.3 is 0 Å². The van der Waals surface area contributed by atoms with E-state index in [1.54, 1.807) is 33.3 Å². The highest BCUT2D eigenvalue weighted by Gasteiger charge is 2.36. The zero-order chi connectivity index (χ0) is 16.1. The van der Waals surface area contributed by atoms with Crippen molar-refractivity contribution >= 4 is 11.4 Å². The van der Waals surface area contributed by atoms with Gasteiger partial charge in [-0.2, -0.15) is 0 Å². The number of fused-ring (bicyclic) bond motifs is 1. The highest BCUT2D eigenvalue weighted by molar-refractivity contribution is 5.99.